The van der Waals surface area contributed by atoms with Gasteiger partial charge in [-0.2, -0.15) is 0 Å². The van der Waals surface area contributed by atoms with Crippen molar-refractivity contribution in [2.24, 2.45) is 52.3 Å². The van der Waals surface area contributed by atoms with Crippen LogP contribution in [0.25, 0.3) is 0 Å². The van der Waals surface area contributed by atoms with E-state index in [1.807, 2.05) is 21.1 Å². The van der Waals surface area contributed by atoms with Gasteiger partial charge >= 0.3 is 14.0 Å². The Labute approximate surface area is 286 Å². The number of quaternary nitrogens is 1. The number of phosphoric ester groups is 1. The van der Waals surface area contributed by atoms with Crippen LogP contribution in [0.1, 0.15) is 112 Å². The number of hydrogen-bond donors (Lipinski definition) is 1. The number of fused-ring (bicyclic) bond motifs is 5. The van der Waals surface area contributed by atoms with Gasteiger partial charge in [0.15, 0.2) is 0 Å². The van der Waals surface area contributed by atoms with Gasteiger partial charge in [0, 0.05) is 6.42 Å². The molecular weight excluding hydrogens is 617 g/mol. The summed E-state index contributed by atoms with van der Waals surface area (Å²) in [5.74, 6) is 5.61. The molecule has 9 nitrogen and oxygen atoms in total. The zero-order valence-corrected chi connectivity index (χ0v) is 31.9. The van der Waals surface area contributed by atoms with Crippen LogP contribution in [0.3, 0.4) is 0 Å². The van der Waals surface area contributed by atoms with Gasteiger partial charge in [0.05, 0.1) is 27.7 Å². The molecule has 0 aromatic carbocycles. The Hall–Kier alpha value is -0.960. The maximum absolute atomic E-state index is 12.5. The van der Waals surface area contributed by atoms with Crippen LogP contribution in [0.5, 0.6) is 0 Å². The number of ether oxygens (including phenoxy) is 2. The zero-order valence-electron chi connectivity index (χ0n) is 31.0. The maximum Gasteiger partial charge on any atom is 0.508 e. The fraction of sp³-hybridized carbons (Fsp3) is 0.919. The van der Waals surface area contributed by atoms with Gasteiger partial charge in [0.2, 0.25) is 0 Å². The van der Waals surface area contributed by atoms with Gasteiger partial charge in [-0.05, 0) is 104 Å². The molecule has 4 aliphatic rings. The molecule has 10 heteroatoms. The van der Waals surface area contributed by atoms with Crippen molar-refractivity contribution in [2.75, 3.05) is 47.5 Å². The number of carbonyl (C=O) groups excluding carboxylic acids is 1. The van der Waals surface area contributed by atoms with E-state index in [1.165, 1.54) is 50.5 Å². The monoisotopic (exact) mass is 685 g/mol. The van der Waals surface area contributed by atoms with Crippen molar-refractivity contribution in [1.82, 2.24) is 0 Å². The Morgan fingerprint density at radius 2 is 1.70 bits per heavy atom. The summed E-state index contributed by atoms with van der Waals surface area (Å²) in [7, 11) is 1.71. The topological polar surface area (TPSA) is 121 Å². The fourth-order valence-corrected chi connectivity index (χ4v) is 11.0. The molecular formula is C37H68NO8P. The minimum Gasteiger partial charge on any atom is -0.870 e. The smallest absolute Gasteiger partial charge is 0.508 e. The van der Waals surface area contributed by atoms with E-state index in [0.717, 1.165) is 61.2 Å². The van der Waals surface area contributed by atoms with Crippen LogP contribution >= 0.6 is 7.82 Å². The second kappa shape index (κ2) is 16.4. The van der Waals surface area contributed by atoms with Crippen molar-refractivity contribution in [3.8, 4) is 0 Å². The van der Waals surface area contributed by atoms with Gasteiger partial charge in [0.1, 0.15) is 25.9 Å². The summed E-state index contributed by atoms with van der Waals surface area (Å²) in [6.45, 7) is 15.1. The summed E-state index contributed by atoms with van der Waals surface area (Å²) in [5.41, 5.74) is 2.13. The third-order valence-electron chi connectivity index (χ3n) is 13.1. The van der Waals surface area contributed by atoms with Gasteiger partial charge in [-0.15, -0.1) is 0 Å². The summed E-state index contributed by atoms with van der Waals surface area (Å²) in [4.78, 5) is 22.3. The van der Waals surface area contributed by atoms with E-state index in [9.17, 15) is 14.3 Å². The highest BCUT2D eigenvalue weighted by Crippen LogP contribution is 2.67. The van der Waals surface area contributed by atoms with E-state index in [4.69, 9.17) is 18.5 Å². The molecule has 0 spiro atoms. The van der Waals surface area contributed by atoms with Crippen LogP contribution in [0.4, 0.5) is 4.79 Å². The lowest BCUT2D eigenvalue weighted by Gasteiger charge is -2.58. The van der Waals surface area contributed by atoms with Crippen molar-refractivity contribution in [2.45, 2.75) is 118 Å². The number of rotatable bonds is 15. The molecule has 3 fully saturated rings. The van der Waals surface area contributed by atoms with Crippen molar-refractivity contribution in [3.63, 3.8) is 0 Å². The van der Waals surface area contributed by atoms with Crippen LogP contribution in [-0.2, 0) is 23.1 Å². The Bertz CT molecular complexity index is 1110. The summed E-state index contributed by atoms with van der Waals surface area (Å²) in [5, 5.41) is 0. The summed E-state index contributed by atoms with van der Waals surface area (Å²) >= 11 is 0. The predicted octanol–water partition coefficient (Wildman–Crippen LogP) is 8.85. The minimum atomic E-state index is -4.19. The van der Waals surface area contributed by atoms with Crippen LogP contribution in [0.2, 0.25) is 0 Å². The number of nitrogens with zero attached hydrogens (tertiary/aromatic N) is 1. The Kier molecular flexibility index (Phi) is 14.1. The molecule has 4 rings (SSSR count). The molecule has 0 aromatic rings. The standard InChI is InChI=1S/C37H66NO7P.H2O/c1-10-28(26(2)3)12-11-27(4)32-15-16-33-31-14-13-29-25-30(17-19-36(29,5)34(31)18-20-37(32,33)6)45-35(39)42-23-24-44-46(40,41)43-22-21-38(7,8)9;/h13,26-28,30-34H,10-12,14-25H2,1-9H3;1H2/t27-,28-,30?,31+,32-,33+,34+,36+,37-;/m1./s1. The molecule has 0 amide bonds. The number of hydrogen-bond acceptors (Lipinski definition) is 7. The highest BCUT2D eigenvalue weighted by molar-refractivity contribution is 7.47. The molecule has 2 unspecified atom stereocenters. The lowest BCUT2D eigenvalue weighted by Crippen LogP contribution is -2.51. The van der Waals surface area contributed by atoms with Crippen molar-refractivity contribution in [3.05, 3.63) is 11.6 Å². The first-order valence-electron chi connectivity index (χ1n) is 18.4. The summed E-state index contributed by atoms with van der Waals surface area (Å²) < 4.78 is 33.5. The van der Waals surface area contributed by atoms with Crippen molar-refractivity contribution < 1.29 is 42.7 Å². The first kappa shape index (κ1) is 40.5. The van der Waals surface area contributed by atoms with E-state index >= 15 is 0 Å². The number of allylic oxidation sites excluding steroid dienone is 1. The highest BCUT2D eigenvalue weighted by atomic mass is 31.2. The third-order valence-corrected chi connectivity index (χ3v) is 14.1. The van der Waals surface area contributed by atoms with E-state index < -0.39 is 14.0 Å². The molecule has 0 bridgehead atoms. The van der Waals surface area contributed by atoms with E-state index in [1.54, 1.807) is 0 Å². The van der Waals surface area contributed by atoms with Gasteiger partial charge in [-0.1, -0.05) is 66.0 Å². The molecule has 2 N–H and O–H groups in total. The third kappa shape index (κ3) is 9.85. The quantitative estimate of drug-likeness (QED) is 0.0597. The number of carbonyl (C=O) groups is 1. The average molecular weight is 686 g/mol. The zero-order chi connectivity index (χ0) is 33.9. The van der Waals surface area contributed by atoms with Gasteiger partial charge in [0.25, 0.3) is 0 Å². The Morgan fingerprint density at radius 1 is 1.00 bits per heavy atom. The number of likely N-dealkylation sites (N-methyl/N-ethyl adjacent to an activating group) is 1. The van der Waals surface area contributed by atoms with Crippen LogP contribution < -0.4 is 0 Å². The largest absolute Gasteiger partial charge is 0.870 e. The molecule has 0 aromatic heterocycles. The SMILES string of the molecule is CC[C@H](CC[C@@H](C)[C@H]1CC[C@H]2[C@@H]3CC=C4CC(OC(=O)OCCOP(=O)(O)OCC[N+](C)(C)C)CC[C@]4(C)[C@H]3CC[C@]12C)C(C)C.[OH-]. The van der Waals surface area contributed by atoms with Crippen molar-refractivity contribution >= 4 is 14.0 Å². The number of phosphoric acid groups is 1. The predicted molar refractivity (Wildman–Crippen MR) is 185 cm³/mol. The molecule has 47 heavy (non-hydrogen) atoms. The lowest BCUT2D eigenvalue weighted by molar-refractivity contribution is -0.870. The first-order chi connectivity index (χ1) is 21.5. The molecule has 274 valence electrons. The van der Waals surface area contributed by atoms with Crippen LogP contribution in [0, 0.1) is 52.3 Å². The lowest BCUT2D eigenvalue weighted by atomic mass is 9.47. The molecule has 10 atom stereocenters. The maximum atomic E-state index is 12.5. The Morgan fingerprint density at radius 3 is 2.36 bits per heavy atom. The summed E-state index contributed by atoms with van der Waals surface area (Å²) in [6, 6.07) is 0. The minimum absolute atomic E-state index is 0. The van der Waals surface area contributed by atoms with Gasteiger partial charge in [-0.25, -0.2) is 9.36 Å². The molecule has 0 aliphatic heterocycles. The van der Waals surface area contributed by atoms with Gasteiger partial charge in [-0.3, -0.25) is 9.05 Å². The van der Waals surface area contributed by atoms with Crippen molar-refractivity contribution in [1.29, 1.82) is 0 Å². The summed E-state index contributed by atoms with van der Waals surface area (Å²) in [6.07, 6.45) is 14.9. The van der Waals surface area contributed by atoms with Crippen LogP contribution in [0.15, 0.2) is 11.6 Å². The molecule has 0 radical (unpaired) electrons. The van der Waals surface area contributed by atoms with Crippen LogP contribution in [-0.4, -0.2) is 74.6 Å². The highest BCUT2D eigenvalue weighted by Gasteiger charge is 2.59. The average Bonchev–Trinajstić information content (AvgIpc) is 3.32. The second-order valence-electron chi connectivity index (χ2n) is 17.2. The van der Waals surface area contributed by atoms with E-state index in [0.29, 0.717) is 22.4 Å². The van der Waals surface area contributed by atoms with E-state index in [-0.39, 0.29) is 36.8 Å². The normalized spacial score (nSPS) is 34.5. The van der Waals surface area contributed by atoms with E-state index in [2.05, 4.69) is 47.6 Å². The molecule has 0 heterocycles. The fourth-order valence-electron chi connectivity index (χ4n) is 10.3. The van der Waals surface area contributed by atoms with Gasteiger partial charge < -0.3 is 24.3 Å². The Balaban J connectivity index is 0.00000600. The molecule has 3 saturated carbocycles. The first-order valence-corrected chi connectivity index (χ1v) is 19.9. The molecule has 4 aliphatic carbocycles. The molecule has 0 saturated heterocycles. The second-order valence-corrected chi connectivity index (χ2v) is 18.6.